The highest BCUT2D eigenvalue weighted by atomic mass is 19.2. The third-order valence-corrected chi connectivity index (χ3v) is 7.97. The summed E-state index contributed by atoms with van der Waals surface area (Å²) in [6.07, 6.45) is 15.6. The van der Waals surface area contributed by atoms with Crippen LogP contribution in [0.1, 0.15) is 95.5 Å². The third kappa shape index (κ3) is 3.93. The number of unbranched alkanes of at least 4 members (excludes halogenated alkanes) is 2. The minimum absolute atomic E-state index is 0.187. The minimum atomic E-state index is -1.35. The van der Waals surface area contributed by atoms with Crippen LogP contribution in [0.2, 0.25) is 0 Å². The highest BCUT2D eigenvalue weighted by Gasteiger charge is 2.53. The molecule has 0 amide bonds. The van der Waals surface area contributed by atoms with E-state index >= 15 is 0 Å². The minimum Gasteiger partial charge on any atom is -0.204 e. The van der Waals surface area contributed by atoms with Crippen molar-refractivity contribution in [2.75, 3.05) is 0 Å². The predicted molar refractivity (Wildman–Crippen MR) is 103 cm³/mol. The maximum absolute atomic E-state index is 13.5. The van der Waals surface area contributed by atoms with Crippen LogP contribution in [-0.4, -0.2) is 0 Å². The highest BCUT2D eigenvalue weighted by Crippen LogP contribution is 2.64. The first-order valence-corrected chi connectivity index (χ1v) is 11.1. The molecule has 1 aromatic carbocycles. The van der Waals surface area contributed by atoms with Gasteiger partial charge in [0.15, 0.2) is 17.5 Å². The van der Waals surface area contributed by atoms with Crippen molar-refractivity contribution in [3.05, 3.63) is 35.1 Å². The van der Waals surface area contributed by atoms with E-state index in [4.69, 9.17) is 0 Å². The van der Waals surface area contributed by atoms with Gasteiger partial charge in [-0.25, -0.2) is 13.2 Å². The molecule has 0 bridgehead atoms. The van der Waals surface area contributed by atoms with Gasteiger partial charge in [-0.3, -0.25) is 0 Å². The van der Waals surface area contributed by atoms with E-state index in [1.54, 1.807) is 0 Å². The van der Waals surface area contributed by atoms with Crippen LogP contribution >= 0.6 is 0 Å². The molecule has 0 nitrogen and oxygen atoms in total. The molecule has 0 saturated heterocycles. The molecule has 3 fully saturated rings. The quantitative estimate of drug-likeness (QED) is 0.350. The fraction of sp³-hybridized carbons (Fsp3) is 0.750. The number of halogens is 3. The van der Waals surface area contributed by atoms with E-state index in [2.05, 4.69) is 6.92 Å². The molecule has 27 heavy (non-hydrogen) atoms. The van der Waals surface area contributed by atoms with Crippen molar-refractivity contribution >= 4 is 0 Å². The number of hydrogen-bond donors (Lipinski definition) is 0. The Morgan fingerprint density at radius 1 is 0.852 bits per heavy atom. The molecule has 0 aliphatic heterocycles. The molecule has 1 spiro atoms. The van der Waals surface area contributed by atoms with E-state index in [1.165, 1.54) is 63.5 Å². The predicted octanol–water partition coefficient (Wildman–Crippen LogP) is 7.76. The lowest BCUT2D eigenvalue weighted by Crippen LogP contribution is -2.49. The standard InChI is InChI=1S/C24H33F3/c1-2-3-4-5-16-12-24(13-16)14-20(15-24)18-8-6-17(7-9-18)19-10-21(25)23(27)22(26)11-19/h10-11,16-18,20H,2-9,12-15H2,1H3/t16?,17-,18-,20?,24?. The zero-order valence-electron chi connectivity index (χ0n) is 16.6. The lowest BCUT2D eigenvalue weighted by Gasteiger charge is -2.60. The molecule has 3 aliphatic rings. The van der Waals surface area contributed by atoms with E-state index in [9.17, 15) is 13.2 Å². The van der Waals surface area contributed by atoms with Crippen LogP contribution < -0.4 is 0 Å². The SMILES string of the molecule is CCCCCC1CC2(C1)CC([C@H]1CC[C@H](c3cc(F)c(F)c(F)c3)CC1)C2. The topological polar surface area (TPSA) is 0 Å². The van der Waals surface area contributed by atoms with Crippen LogP contribution in [-0.2, 0) is 0 Å². The molecular formula is C24H33F3. The zero-order valence-corrected chi connectivity index (χ0v) is 16.6. The van der Waals surface area contributed by atoms with Gasteiger partial charge in [0.05, 0.1) is 0 Å². The lowest BCUT2D eigenvalue weighted by atomic mass is 9.45. The van der Waals surface area contributed by atoms with E-state index in [1.807, 2.05) is 0 Å². The summed E-state index contributed by atoms with van der Waals surface area (Å²) in [5.41, 5.74) is 1.34. The number of benzene rings is 1. The van der Waals surface area contributed by atoms with Crippen LogP contribution in [0, 0.1) is 40.6 Å². The first kappa shape index (κ1) is 19.3. The summed E-state index contributed by atoms with van der Waals surface area (Å²) < 4.78 is 40.2. The van der Waals surface area contributed by atoms with Crippen molar-refractivity contribution in [1.82, 2.24) is 0 Å². The van der Waals surface area contributed by atoms with Gasteiger partial charge in [0.25, 0.3) is 0 Å². The fourth-order valence-corrected chi connectivity index (χ4v) is 6.51. The van der Waals surface area contributed by atoms with Gasteiger partial charge in [0.1, 0.15) is 0 Å². The van der Waals surface area contributed by atoms with Gasteiger partial charge >= 0.3 is 0 Å². The molecule has 3 heteroatoms. The van der Waals surface area contributed by atoms with Gasteiger partial charge in [0.2, 0.25) is 0 Å². The summed E-state index contributed by atoms with van der Waals surface area (Å²) in [6.45, 7) is 2.27. The summed E-state index contributed by atoms with van der Waals surface area (Å²) in [5.74, 6) is -0.591. The van der Waals surface area contributed by atoms with Crippen molar-refractivity contribution in [3.63, 3.8) is 0 Å². The van der Waals surface area contributed by atoms with E-state index in [-0.39, 0.29) is 5.92 Å². The van der Waals surface area contributed by atoms with Crippen molar-refractivity contribution in [2.45, 2.75) is 89.9 Å². The second kappa shape index (κ2) is 7.79. The molecule has 0 N–H and O–H groups in total. The molecule has 3 saturated carbocycles. The Labute approximate surface area is 161 Å². The molecular weight excluding hydrogens is 345 g/mol. The van der Waals surface area contributed by atoms with Gasteiger partial charge in [-0.1, -0.05) is 32.6 Å². The van der Waals surface area contributed by atoms with Crippen molar-refractivity contribution < 1.29 is 13.2 Å². The summed E-state index contributed by atoms with van der Waals surface area (Å²) in [5, 5.41) is 0. The first-order chi connectivity index (χ1) is 13.0. The van der Waals surface area contributed by atoms with Gasteiger partial charge in [0, 0.05) is 0 Å². The van der Waals surface area contributed by atoms with Crippen molar-refractivity contribution in [3.8, 4) is 0 Å². The normalized spacial score (nSPS) is 35.7. The summed E-state index contributed by atoms with van der Waals surface area (Å²) >= 11 is 0. The molecule has 3 aliphatic carbocycles. The average molecular weight is 379 g/mol. The van der Waals surface area contributed by atoms with Crippen molar-refractivity contribution in [1.29, 1.82) is 0 Å². The number of hydrogen-bond acceptors (Lipinski definition) is 0. The van der Waals surface area contributed by atoms with Crippen LogP contribution in [0.5, 0.6) is 0 Å². The van der Waals surface area contributed by atoms with Gasteiger partial charge in [-0.2, -0.15) is 0 Å². The van der Waals surface area contributed by atoms with E-state index < -0.39 is 17.5 Å². The first-order valence-electron chi connectivity index (χ1n) is 11.1. The Balaban J connectivity index is 1.21. The van der Waals surface area contributed by atoms with E-state index in [0.717, 1.165) is 43.4 Å². The summed E-state index contributed by atoms with van der Waals surface area (Å²) in [4.78, 5) is 0. The Hall–Kier alpha value is -0.990. The monoisotopic (exact) mass is 378 g/mol. The molecule has 0 radical (unpaired) electrons. The highest BCUT2D eigenvalue weighted by molar-refractivity contribution is 5.23. The Morgan fingerprint density at radius 3 is 2.07 bits per heavy atom. The Morgan fingerprint density at radius 2 is 1.48 bits per heavy atom. The van der Waals surface area contributed by atoms with Crippen LogP contribution in [0.15, 0.2) is 12.1 Å². The smallest absolute Gasteiger partial charge is 0.194 e. The van der Waals surface area contributed by atoms with Crippen LogP contribution in [0.4, 0.5) is 13.2 Å². The lowest BCUT2D eigenvalue weighted by molar-refractivity contribution is -0.0948. The molecule has 0 unspecified atom stereocenters. The zero-order chi connectivity index (χ0) is 19.0. The molecule has 150 valence electrons. The average Bonchev–Trinajstić information content (AvgIpc) is 2.60. The van der Waals surface area contributed by atoms with Gasteiger partial charge < -0.3 is 0 Å². The van der Waals surface area contributed by atoms with Gasteiger partial charge in [-0.05, 0) is 98.1 Å². The van der Waals surface area contributed by atoms with Crippen LogP contribution in [0.25, 0.3) is 0 Å². The molecule has 0 atom stereocenters. The largest absolute Gasteiger partial charge is 0.204 e. The van der Waals surface area contributed by atoms with Crippen LogP contribution in [0.3, 0.4) is 0 Å². The van der Waals surface area contributed by atoms with E-state index in [0.29, 0.717) is 11.0 Å². The molecule has 4 rings (SSSR count). The second-order valence-electron chi connectivity index (χ2n) is 9.85. The summed E-state index contributed by atoms with van der Waals surface area (Å²) in [6, 6.07) is 2.41. The molecule has 0 aromatic heterocycles. The molecule has 1 aromatic rings. The maximum Gasteiger partial charge on any atom is 0.194 e. The van der Waals surface area contributed by atoms with Gasteiger partial charge in [-0.15, -0.1) is 0 Å². The Kier molecular flexibility index (Phi) is 5.58. The fourth-order valence-electron chi connectivity index (χ4n) is 6.51. The van der Waals surface area contributed by atoms with Crippen molar-refractivity contribution in [2.24, 2.45) is 23.2 Å². The summed E-state index contributed by atoms with van der Waals surface area (Å²) in [7, 11) is 0. The second-order valence-corrected chi connectivity index (χ2v) is 9.85. The third-order valence-electron chi connectivity index (χ3n) is 7.97. The Bertz CT molecular complexity index is 623. The maximum atomic E-state index is 13.5. The molecule has 0 heterocycles. The number of rotatable bonds is 6.